The molecule has 1 N–H and O–H groups in total. The van der Waals surface area contributed by atoms with Crippen LogP contribution in [0.4, 0.5) is 0 Å². The van der Waals surface area contributed by atoms with Crippen LogP contribution in [0.15, 0.2) is 27.4 Å². The van der Waals surface area contributed by atoms with Gasteiger partial charge >= 0.3 is 11.6 Å². The summed E-state index contributed by atoms with van der Waals surface area (Å²) in [5.74, 6) is 0.0883. The number of cyclic esters (lactones) is 1. The van der Waals surface area contributed by atoms with E-state index in [4.69, 9.17) is 13.9 Å². The summed E-state index contributed by atoms with van der Waals surface area (Å²) in [4.78, 5) is 22.4. The number of allylic oxidation sites excluding steroid dienone is 1. The molecule has 1 aliphatic heterocycles. The summed E-state index contributed by atoms with van der Waals surface area (Å²) in [7, 11) is 1.45. The number of ether oxygens (including phenoxy) is 2. The fraction of sp³-hybridized carbons (Fsp3) is 0.385. The lowest BCUT2D eigenvalue weighted by Gasteiger charge is -2.06. The maximum absolute atomic E-state index is 11.3. The molecule has 0 aromatic carbocycles. The molecule has 2 heterocycles. The van der Waals surface area contributed by atoms with Crippen molar-refractivity contribution in [3.05, 3.63) is 34.4 Å². The largest absolute Gasteiger partial charge is 0.496 e. The summed E-state index contributed by atoms with van der Waals surface area (Å²) >= 11 is 0. The van der Waals surface area contributed by atoms with Crippen molar-refractivity contribution < 1.29 is 23.8 Å². The molecule has 2 unspecified atom stereocenters. The fourth-order valence-corrected chi connectivity index (χ4v) is 1.82. The van der Waals surface area contributed by atoms with Crippen LogP contribution in [-0.2, 0) is 9.53 Å². The molecule has 1 aliphatic rings. The fourth-order valence-electron chi connectivity index (χ4n) is 1.82. The number of hydrogen-bond donors (Lipinski definition) is 1. The number of carbonyl (C=O) groups is 1. The van der Waals surface area contributed by atoms with E-state index in [0.29, 0.717) is 17.1 Å². The SMILES string of the molecule is COc1cc(C(C)=CC2CC(O)C(=O)O2)oc(=O)c1. The highest BCUT2D eigenvalue weighted by atomic mass is 16.6. The van der Waals surface area contributed by atoms with Crippen LogP contribution < -0.4 is 10.4 Å². The van der Waals surface area contributed by atoms with E-state index in [1.165, 1.54) is 13.2 Å². The molecule has 2 atom stereocenters. The lowest BCUT2D eigenvalue weighted by atomic mass is 10.1. The predicted molar refractivity (Wildman–Crippen MR) is 65.7 cm³/mol. The van der Waals surface area contributed by atoms with Crippen LogP contribution in [0, 0.1) is 0 Å². The number of esters is 1. The monoisotopic (exact) mass is 266 g/mol. The maximum Gasteiger partial charge on any atom is 0.339 e. The molecule has 19 heavy (non-hydrogen) atoms. The van der Waals surface area contributed by atoms with E-state index >= 15 is 0 Å². The first kappa shape index (κ1) is 13.4. The molecule has 0 amide bonds. The average Bonchev–Trinajstić information content (AvgIpc) is 2.67. The number of carbonyl (C=O) groups excluding carboxylic acids is 1. The Balaban J connectivity index is 2.24. The van der Waals surface area contributed by atoms with Crippen LogP contribution in [0.1, 0.15) is 19.1 Å². The highest BCUT2D eigenvalue weighted by Gasteiger charge is 2.31. The number of aliphatic hydroxyl groups is 1. The van der Waals surface area contributed by atoms with E-state index in [1.807, 2.05) is 0 Å². The minimum atomic E-state index is -1.09. The molecular weight excluding hydrogens is 252 g/mol. The van der Waals surface area contributed by atoms with Gasteiger partial charge in [-0.25, -0.2) is 9.59 Å². The lowest BCUT2D eigenvalue weighted by Crippen LogP contribution is -2.11. The van der Waals surface area contributed by atoms with Crippen LogP contribution in [0.2, 0.25) is 0 Å². The molecule has 6 heteroatoms. The average molecular weight is 266 g/mol. The van der Waals surface area contributed by atoms with E-state index in [0.717, 1.165) is 0 Å². The molecule has 0 spiro atoms. The Labute approximate surface area is 109 Å². The summed E-state index contributed by atoms with van der Waals surface area (Å²) in [5.41, 5.74) is 0.105. The van der Waals surface area contributed by atoms with E-state index in [1.54, 1.807) is 19.1 Å². The molecule has 0 bridgehead atoms. The lowest BCUT2D eigenvalue weighted by molar-refractivity contribution is -0.146. The molecule has 102 valence electrons. The van der Waals surface area contributed by atoms with E-state index in [-0.39, 0.29) is 6.42 Å². The van der Waals surface area contributed by atoms with Crippen molar-refractivity contribution in [1.29, 1.82) is 0 Å². The summed E-state index contributed by atoms with van der Waals surface area (Å²) in [6.45, 7) is 1.72. The van der Waals surface area contributed by atoms with E-state index < -0.39 is 23.8 Å². The Kier molecular flexibility index (Phi) is 3.71. The van der Waals surface area contributed by atoms with Crippen molar-refractivity contribution in [2.75, 3.05) is 7.11 Å². The molecule has 1 aromatic heterocycles. The van der Waals surface area contributed by atoms with Gasteiger partial charge < -0.3 is 19.0 Å². The summed E-state index contributed by atoms with van der Waals surface area (Å²) in [6, 6.07) is 2.80. The van der Waals surface area contributed by atoms with Gasteiger partial charge in [0.2, 0.25) is 0 Å². The third-order valence-corrected chi connectivity index (χ3v) is 2.80. The molecule has 0 aliphatic carbocycles. The number of rotatable bonds is 3. The summed E-state index contributed by atoms with van der Waals surface area (Å²) in [5, 5.41) is 9.28. The van der Waals surface area contributed by atoms with Gasteiger partial charge in [-0.3, -0.25) is 0 Å². The Morgan fingerprint density at radius 1 is 1.47 bits per heavy atom. The van der Waals surface area contributed by atoms with E-state index in [2.05, 4.69) is 0 Å². The summed E-state index contributed by atoms with van der Waals surface area (Å²) in [6.07, 6.45) is 0.223. The van der Waals surface area contributed by atoms with Gasteiger partial charge in [-0.15, -0.1) is 0 Å². The van der Waals surface area contributed by atoms with Crippen LogP contribution in [0.3, 0.4) is 0 Å². The van der Waals surface area contributed by atoms with Crippen molar-refractivity contribution in [2.45, 2.75) is 25.6 Å². The number of methoxy groups -OCH3 is 1. The Bertz CT molecular complexity index is 571. The second-order valence-electron chi connectivity index (χ2n) is 4.26. The van der Waals surface area contributed by atoms with Gasteiger partial charge in [0.25, 0.3) is 0 Å². The summed E-state index contributed by atoms with van der Waals surface area (Å²) < 4.78 is 15.0. The van der Waals surface area contributed by atoms with Crippen molar-refractivity contribution >= 4 is 11.5 Å². The first-order valence-electron chi connectivity index (χ1n) is 5.76. The van der Waals surface area contributed by atoms with Crippen molar-refractivity contribution in [3.8, 4) is 5.75 Å². The Morgan fingerprint density at radius 3 is 2.79 bits per heavy atom. The normalized spacial score (nSPS) is 23.3. The zero-order valence-corrected chi connectivity index (χ0v) is 10.6. The highest BCUT2D eigenvalue weighted by Crippen LogP contribution is 2.22. The number of hydrogen-bond acceptors (Lipinski definition) is 6. The highest BCUT2D eigenvalue weighted by molar-refractivity contribution is 5.77. The predicted octanol–water partition coefficient (Wildman–Crippen LogP) is 0.728. The molecule has 6 nitrogen and oxygen atoms in total. The van der Waals surface area contributed by atoms with E-state index in [9.17, 15) is 14.7 Å². The topological polar surface area (TPSA) is 86.0 Å². The Morgan fingerprint density at radius 2 is 2.21 bits per heavy atom. The second kappa shape index (κ2) is 5.27. The zero-order valence-electron chi connectivity index (χ0n) is 10.6. The van der Waals surface area contributed by atoms with Crippen molar-refractivity contribution in [1.82, 2.24) is 0 Å². The van der Waals surface area contributed by atoms with Gasteiger partial charge in [-0.2, -0.15) is 0 Å². The van der Waals surface area contributed by atoms with Crippen LogP contribution >= 0.6 is 0 Å². The van der Waals surface area contributed by atoms with Gasteiger partial charge in [0, 0.05) is 12.5 Å². The smallest absolute Gasteiger partial charge is 0.339 e. The van der Waals surface area contributed by atoms with Gasteiger partial charge in [0.1, 0.15) is 17.6 Å². The maximum atomic E-state index is 11.3. The zero-order chi connectivity index (χ0) is 14.0. The van der Waals surface area contributed by atoms with Crippen molar-refractivity contribution in [2.24, 2.45) is 0 Å². The second-order valence-corrected chi connectivity index (χ2v) is 4.26. The van der Waals surface area contributed by atoms with Gasteiger partial charge in [0.05, 0.1) is 13.2 Å². The van der Waals surface area contributed by atoms with Gasteiger partial charge in [0.15, 0.2) is 6.10 Å². The van der Waals surface area contributed by atoms with Gasteiger partial charge in [-0.1, -0.05) is 0 Å². The first-order chi connectivity index (χ1) is 8.99. The van der Waals surface area contributed by atoms with Crippen LogP contribution in [-0.4, -0.2) is 30.4 Å². The van der Waals surface area contributed by atoms with Crippen LogP contribution in [0.25, 0.3) is 5.57 Å². The third-order valence-electron chi connectivity index (χ3n) is 2.80. The molecular formula is C13H14O6. The molecule has 1 fully saturated rings. The molecule has 2 rings (SSSR count). The van der Waals surface area contributed by atoms with Gasteiger partial charge in [-0.05, 0) is 18.6 Å². The van der Waals surface area contributed by atoms with Crippen LogP contribution in [0.5, 0.6) is 5.75 Å². The first-order valence-corrected chi connectivity index (χ1v) is 5.76. The minimum Gasteiger partial charge on any atom is -0.496 e. The molecule has 1 aromatic rings. The molecule has 1 saturated heterocycles. The molecule has 0 radical (unpaired) electrons. The van der Waals surface area contributed by atoms with Crippen molar-refractivity contribution in [3.63, 3.8) is 0 Å². The Hall–Kier alpha value is -2.08. The minimum absolute atomic E-state index is 0.199. The molecule has 0 saturated carbocycles. The number of aliphatic hydroxyl groups excluding tert-OH is 1. The third kappa shape index (κ3) is 3.03. The standard InChI is InChI=1S/C13H14O6/c1-7(3-9-4-10(14)13(16)18-9)11-5-8(17-2)6-12(15)19-11/h3,5-6,9-10,14H,4H2,1-2H3. The quantitative estimate of drug-likeness (QED) is 0.812.